The van der Waals surface area contributed by atoms with Gasteiger partial charge in [0.1, 0.15) is 30.5 Å². The maximum Gasteiger partial charge on any atom is 0.470 e. The van der Waals surface area contributed by atoms with Gasteiger partial charge in [-0.3, -0.25) is 13.6 Å². The number of hydrogen-bond acceptors (Lipinski definition) is 11. The molecule has 188 valence electrons. The van der Waals surface area contributed by atoms with Crippen LogP contribution in [0.15, 0.2) is 24.3 Å². The van der Waals surface area contributed by atoms with E-state index in [1.165, 1.54) is 12.1 Å². The Morgan fingerprint density at radius 1 is 0.697 bits per heavy atom. The lowest BCUT2D eigenvalue weighted by atomic mass is 9.85. The van der Waals surface area contributed by atoms with Crippen LogP contribution in [-0.4, -0.2) is 82.2 Å². The molecule has 1 aromatic rings. The number of carbonyl (C=O) groups excluding carboxylic acids is 1. The highest BCUT2D eigenvalue weighted by Gasteiger charge is 2.58. The minimum atomic E-state index is -5.55. The van der Waals surface area contributed by atoms with Gasteiger partial charge in [-0.25, -0.2) is 18.5 Å². The van der Waals surface area contributed by atoms with E-state index >= 15 is 0 Å². The summed E-state index contributed by atoms with van der Waals surface area (Å²) >= 11 is 0. The molecule has 1 saturated carbocycles. The summed E-state index contributed by atoms with van der Waals surface area (Å²) in [5.41, 5.74) is 5.52. The predicted octanol–water partition coefficient (Wildman–Crippen LogP) is -2.04. The summed E-state index contributed by atoms with van der Waals surface area (Å²) in [6.07, 6.45) is -14.7. The van der Waals surface area contributed by atoms with Crippen LogP contribution in [0, 0.1) is 0 Å². The number of rotatable bonds is 8. The van der Waals surface area contributed by atoms with E-state index in [1.807, 2.05) is 0 Å². The number of ether oxygens (including phenoxy) is 1. The van der Waals surface area contributed by atoms with Gasteiger partial charge in [0.05, 0.1) is 5.56 Å². The molecular formula is C13H20NO16P3. The first-order valence-electron chi connectivity index (χ1n) is 8.52. The van der Waals surface area contributed by atoms with Gasteiger partial charge in [0.15, 0.2) is 6.10 Å². The molecule has 0 bridgehead atoms. The number of nitrogen functional groups attached to an aromatic ring is 1. The summed E-state index contributed by atoms with van der Waals surface area (Å²) in [5.74, 6) is -1.27. The van der Waals surface area contributed by atoms with Gasteiger partial charge in [-0.2, -0.15) is 0 Å². The Morgan fingerprint density at radius 3 is 1.39 bits per heavy atom. The molecule has 0 spiro atoms. The van der Waals surface area contributed by atoms with Crippen LogP contribution in [0.3, 0.4) is 0 Å². The molecule has 0 radical (unpaired) electrons. The van der Waals surface area contributed by atoms with E-state index in [0.29, 0.717) is 0 Å². The second kappa shape index (κ2) is 10.2. The first-order valence-corrected chi connectivity index (χ1v) is 13.1. The van der Waals surface area contributed by atoms with Crippen molar-refractivity contribution < 1.29 is 76.4 Å². The molecule has 17 nitrogen and oxygen atoms in total. The van der Waals surface area contributed by atoms with Crippen molar-refractivity contribution in [3.63, 3.8) is 0 Å². The van der Waals surface area contributed by atoms with Crippen molar-refractivity contribution in [1.82, 2.24) is 0 Å². The maximum atomic E-state index is 12.4. The Labute approximate surface area is 184 Å². The van der Waals surface area contributed by atoms with Crippen LogP contribution >= 0.6 is 23.5 Å². The Morgan fingerprint density at radius 2 is 1.03 bits per heavy atom. The standard InChI is InChI=1S/C13H20NO16P3/c14-6-3-1-5(2-4-6)13(17)27-9-7(15)11(29-32(21,22)23)12(30-33(24,25)26)8(16)10(9)28-31(18,19)20/h1-4,7-12,15-16H,14H2,(H2,18,19,20)(H2,21,22,23)(H2,24,25,26)/t7-,8-,9+,10-,11+,12+/m1/s1. The number of esters is 1. The Kier molecular flexibility index (Phi) is 8.61. The number of aliphatic hydroxyl groups is 2. The van der Waals surface area contributed by atoms with Crippen molar-refractivity contribution in [1.29, 1.82) is 0 Å². The average Bonchev–Trinajstić information content (AvgIpc) is 2.63. The van der Waals surface area contributed by atoms with Crippen molar-refractivity contribution in [3.05, 3.63) is 29.8 Å². The fraction of sp³-hybridized carbons (Fsp3) is 0.462. The zero-order valence-corrected chi connectivity index (χ0v) is 18.7. The summed E-state index contributed by atoms with van der Waals surface area (Å²) < 4.78 is 51.7. The lowest BCUT2D eigenvalue weighted by molar-refractivity contribution is -0.212. The summed E-state index contributed by atoms with van der Waals surface area (Å²) in [5, 5.41) is 21.0. The lowest BCUT2D eigenvalue weighted by Crippen LogP contribution is -2.66. The Bertz CT molecular complexity index is 984. The minimum Gasteiger partial charge on any atom is -0.453 e. The van der Waals surface area contributed by atoms with E-state index in [4.69, 9.17) is 39.8 Å². The molecule has 0 amide bonds. The van der Waals surface area contributed by atoms with Crippen LogP contribution in [0.2, 0.25) is 0 Å². The first-order chi connectivity index (χ1) is 14.9. The third-order valence-electron chi connectivity index (χ3n) is 4.16. The van der Waals surface area contributed by atoms with Crippen LogP contribution in [-0.2, 0) is 32.0 Å². The molecule has 1 aliphatic carbocycles. The van der Waals surface area contributed by atoms with Crippen LogP contribution in [0.25, 0.3) is 0 Å². The molecule has 0 unspecified atom stereocenters. The van der Waals surface area contributed by atoms with Gasteiger partial charge in [-0.05, 0) is 24.3 Å². The lowest BCUT2D eigenvalue weighted by Gasteiger charge is -2.45. The fourth-order valence-electron chi connectivity index (χ4n) is 2.94. The molecule has 6 atom stereocenters. The number of benzene rings is 1. The van der Waals surface area contributed by atoms with E-state index < -0.39 is 66.1 Å². The predicted molar refractivity (Wildman–Crippen MR) is 103 cm³/mol. The molecule has 10 N–H and O–H groups in total. The normalized spacial score (nSPS) is 29.0. The van der Waals surface area contributed by atoms with E-state index in [2.05, 4.69) is 13.6 Å². The maximum absolute atomic E-state index is 12.4. The number of hydrogen-bond donors (Lipinski definition) is 9. The van der Waals surface area contributed by atoms with Crippen molar-refractivity contribution in [3.8, 4) is 0 Å². The first kappa shape index (κ1) is 28.0. The minimum absolute atomic E-state index is 0.207. The number of phosphoric acid groups is 3. The second-order valence-electron chi connectivity index (χ2n) is 6.65. The second-order valence-corrected chi connectivity index (χ2v) is 10.2. The van der Waals surface area contributed by atoms with Gasteiger partial charge in [0.25, 0.3) is 0 Å². The molecule has 0 saturated heterocycles. The van der Waals surface area contributed by atoms with Gasteiger partial charge < -0.3 is 50.0 Å². The van der Waals surface area contributed by atoms with Crippen molar-refractivity contribution in [2.24, 2.45) is 0 Å². The molecule has 0 heterocycles. The third kappa shape index (κ3) is 8.17. The average molecular weight is 539 g/mol. The smallest absolute Gasteiger partial charge is 0.453 e. The number of aliphatic hydroxyl groups excluding tert-OH is 2. The Balaban J connectivity index is 2.49. The molecule has 0 aromatic heterocycles. The molecule has 1 aromatic carbocycles. The van der Waals surface area contributed by atoms with Crippen LogP contribution in [0.1, 0.15) is 10.4 Å². The van der Waals surface area contributed by atoms with Gasteiger partial charge in [0.2, 0.25) is 0 Å². The zero-order valence-electron chi connectivity index (χ0n) is 16.0. The third-order valence-corrected chi connectivity index (χ3v) is 5.71. The van der Waals surface area contributed by atoms with E-state index in [1.54, 1.807) is 0 Å². The van der Waals surface area contributed by atoms with Crippen LogP contribution in [0.4, 0.5) is 5.69 Å². The highest BCUT2D eigenvalue weighted by atomic mass is 31.2. The summed E-state index contributed by atoms with van der Waals surface area (Å²) in [4.78, 5) is 67.0. The zero-order chi connectivity index (χ0) is 25.4. The number of phosphoric ester groups is 3. The number of carbonyl (C=O) groups is 1. The summed E-state index contributed by atoms with van der Waals surface area (Å²) in [6.45, 7) is 0. The van der Waals surface area contributed by atoms with E-state index in [-0.39, 0.29) is 11.3 Å². The summed E-state index contributed by atoms with van der Waals surface area (Å²) in [6, 6.07) is 4.86. The SMILES string of the molecule is Nc1ccc(C(=O)O[C@H]2[C@@H](O)[C@H](OP(=O)(O)O)[C@@H](OP(=O)(O)O)[C@H](O)[C@H]2OP(=O)(O)O)cc1. The topological polar surface area (TPSA) is 293 Å². The highest BCUT2D eigenvalue weighted by molar-refractivity contribution is 7.46. The fourth-order valence-corrected chi connectivity index (χ4v) is 4.63. The number of anilines is 1. The van der Waals surface area contributed by atoms with Gasteiger partial charge in [-0.15, -0.1) is 0 Å². The molecule has 20 heteroatoms. The molecular weight excluding hydrogens is 519 g/mol. The monoisotopic (exact) mass is 539 g/mol. The van der Waals surface area contributed by atoms with Crippen LogP contribution in [0.5, 0.6) is 0 Å². The molecule has 33 heavy (non-hydrogen) atoms. The van der Waals surface area contributed by atoms with Crippen LogP contribution < -0.4 is 5.73 Å². The van der Waals surface area contributed by atoms with E-state index in [9.17, 15) is 28.7 Å². The molecule has 1 fully saturated rings. The largest absolute Gasteiger partial charge is 0.470 e. The molecule has 1 aliphatic rings. The van der Waals surface area contributed by atoms with Crippen molar-refractivity contribution >= 4 is 35.1 Å². The summed E-state index contributed by atoms with van der Waals surface area (Å²) in [7, 11) is -16.6. The highest BCUT2D eigenvalue weighted by Crippen LogP contribution is 2.49. The van der Waals surface area contributed by atoms with E-state index in [0.717, 1.165) is 12.1 Å². The van der Waals surface area contributed by atoms with Gasteiger partial charge in [0, 0.05) is 5.69 Å². The Hall–Kier alpha value is -1.26. The van der Waals surface area contributed by atoms with Gasteiger partial charge >= 0.3 is 29.4 Å². The van der Waals surface area contributed by atoms with Crippen molar-refractivity contribution in [2.75, 3.05) is 5.73 Å². The molecule has 2 rings (SSSR count). The van der Waals surface area contributed by atoms with Gasteiger partial charge in [-0.1, -0.05) is 0 Å². The number of nitrogens with two attached hydrogens (primary N) is 1. The quantitative estimate of drug-likeness (QED) is 0.0976. The van der Waals surface area contributed by atoms with Crippen molar-refractivity contribution in [2.45, 2.75) is 36.6 Å². The molecule has 0 aliphatic heterocycles.